The number of aromatic nitrogens is 4. The van der Waals surface area contributed by atoms with Crippen LogP contribution in [-0.2, 0) is 9.53 Å². The minimum Gasteiger partial charge on any atom is -0.493 e. The molecule has 0 bridgehead atoms. The molecule has 10 heteroatoms. The topological polar surface area (TPSA) is 91.1 Å². The van der Waals surface area contributed by atoms with Gasteiger partial charge in [-0.15, -0.1) is 10.2 Å². The summed E-state index contributed by atoms with van der Waals surface area (Å²) in [6, 6.07) is 9.22. The van der Waals surface area contributed by atoms with E-state index in [1.807, 2.05) is 49.1 Å². The molecule has 3 heterocycles. The third-order valence-corrected chi connectivity index (χ3v) is 5.90. The van der Waals surface area contributed by atoms with Crippen LogP contribution in [0.3, 0.4) is 0 Å². The van der Waals surface area contributed by atoms with E-state index in [-0.39, 0.29) is 18.1 Å². The molecule has 1 amide bonds. The number of methoxy groups -OCH3 is 2. The number of amides is 1. The maximum absolute atomic E-state index is 12.7. The molecule has 0 spiro atoms. The zero-order valence-electron chi connectivity index (χ0n) is 17.9. The average Bonchev–Trinajstić information content (AvgIpc) is 3.19. The van der Waals surface area contributed by atoms with Crippen molar-refractivity contribution in [3.63, 3.8) is 0 Å². The van der Waals surface area contributed by atoms with Crippen LogP contribution >= 0.6 is 11.8 Å². The molecule has 31 heavy (non-hydrogen) atoms. The molecule has 0 aliphatic carbocycles. The van der Waals surface area contributed by atoms with Crippen molar-refractivity contribution < 1.29 is 19.0 Å². The van der Waals surface area contributed by atoms with E-state index >= 15 is 0 Å². The van der Waals surface area contributed by atoms with Crippen molar-refractivity contribution >= 4 is 23.3 Å². The van der Waals surface area contributed by atoms with Gasteiger partial charge in [-0.25, -0.2) is 0 Å². The zero-order chi connectivity index (χ0) is 22.0. The lowest BCUT2D eigenvalue weighted by Gasteiger charge is -2.35. The molecule has 1 saturated heterocycles. The Kier molecular flexibility index (Phi) is 6.28. The van der Waals surface area contributed by atoms with E-state index in [0.717, 1.165) is 10.6 Å². The zero-order valence-corrected chi connectivity index (χ0v) is 18.8. The molecule has 4 rings (SSSR count). The number of carbonyl (C=O) groups is 1. The highest BCUT2D eigenvalue weighted by molar-refractivity contribution is 7.99. The first-order valence-corrected chi connectivity index (χ1v) is 11.0. The van der Waals surface area contributed by atoms with Crippen molar-refractivity contribution in [1.82, 2.24) is 24.7 Å². The maximum atomic E-state index is 12.7. The van der Waals surface area contributed by atoms with Gasteiger partial charge in [-0.1, -0.05) is 11.8 Å². The SMILES string of the molecule is COc1ccc(-c2nnc3ccc(SCC(=O)N4CC(C)OC(C)C4)nn23)cc1OC. The van der Waals surface area contributed by atoms with Gasteiger partial charge in [-0.05, 0) is 44.2 Å². The second-order valence-corrected chi connectivity index (χ2v) is 8.38. The number of ether oxygens (including phenoxy) is 3. The Balaban J connectivity index is 1.53. The lowest BCUT2D eigenvalue weighted by atomic mass is 10.2. The number of benzene rings is 1. The molecule has 2 unspecified atom stereocenters. The van der Waals surface area contributed by atoms with Gasteiger partial charge in [0.25, 0.3) is 0 Å². The highest BCUT2D eigenvalue weighted by Crippen LogP contribution is 2.31. The van der Waals surface area contributed by atoms with E-state index in [9.17, 15) is 4.79 Å². The normalized spacial score (nSPS) is 18.9. The molecule has 0 radical (unpaired) electrons. The van der Waals surface area contributed by atoms with Crippen LogP contribution in [0.25, 0.3) is 17.0 Å². The summed E-state index contributed by atoms with van der Waals surface area (Å²) in [6.45, 7) is 5.21. The molecule has 1 aromatic carbocycles. The summed E-state index contributed by atoms with van der Waals surface area (Å²) in [6.07, 6.45) is 0.0986. The third-order valence-electron chi connectivity index (χ3n) is 5.00. The van der Waals surface area contributed by atoms with Gasteiger partial charge in [0.1, 0.15) is 5.03 Å². The van der Waals surface area contributed by atoms with E-state index in [1.165, 1.54) is 11.8 Å². The fourth-order valence-electron chi connectivity index (χ4n) is 3.61. The monoisotopic (exact) mass is 443 g/mol. The number of morpholine rings is 1. The van der Waals surface area contributed by atoms with Crippen LogP contribution in [-0.4, -0.2) is 75.9 Å². The fourth-order valence-corrected chi connectivity index (χ4v) is 4.37. The van der Waals surface area contributed by atoms with Gasteiger partial charge in [0.2, 0.25) is 5.91 Å². The molecule has 2 atom stereocenters. The van der Waals surface area contributed by atoms with Crippen molar-refractivity contribution in [3.05, 3.63) is 30.3 Å². The van der Waals surface area contributed by atoms with Crippen LogP contribution in [0.4, 0.5) is 0 Å². The van der Waals surface area contributed by atoms with Gasteiger partial charge in [-0.2, -0.15) is 9.61 Å². The second kappa shape index (κ2) is 9.11. The van der Waals surface area contributed by atoms with Crippen molar-refractivity contribution in [2.24, 2.45) is 0 Å². The van der Waals surface area contributed by atoms with Crippen LogP contribution in [0.15, 0.2) is 35.4 Å². The van der Waals surface area contributed by atoms with Crippen LogP contribution in [0, 0.1) is 0 Å². The van der Waals surface area contributed by atoms with Crippen molar-refractivity contribution in [2.45, 2.75) is 31.1 Å². The van der Waals surface area contributed by atoms with Gasteiger partial charge in [0, 0.05) is 18.7 Å². The minimum atomic E-state index is 0.0493. The second-order valence-electron chi connectivity index (χ2n) is 7.38. The lowest BCUT2D eigenvalue weighted by molar-refractivity contribution is -0.140. The highest BCUT2D eigenvalue weighted by Gasteiger charge is 2.25. The first-order chi connectivity index (χ1) is 15.0. The lowest BCUT2D eigenvalue weighted by Crippen LogP contribution is -2.48. The molecular formula is C21H25N5O4S. The molecule has 1 aliphatic rings. The molecule has 9 nitrogen and oxygen atoms in total. The van der Waals surface area contributed by atoms with Gasteiger partial charge < -0.3 is 19.1 Å². The first kappa shape index (κ1) is 21.4. The third kappa shape index (κ3) is 4.59. The number of fused-ring (bicyclic) bond motifs is 1. The molecule has 3 aromatic rings. The summed E-state index contributed by atoms with van der Waals surface area (Å²) in [7, 11) is 3.18. The summed E-state index contributed by atoms with van der Waals surface area (Å²) < 4.78 is 18.1. The van der Waals surface area contributed by atoms with E-state index in [0.29, 0.717) is 41.8 Å². The highest BCUT2D eigenvalue weighted by atomic mass is 32.2. The standard InChI is InChI=1S/C21H25N5O4S/c1-13-10-25(11-14(2)30-13)20(27)12-31-19-8-7-18-22-23-21(26(18)24-19)15-5-6-16(28-3)17(9-15)29-4/h5-9,13-14H,10-12H2,1-4H3. The number of hydrogen-bond donors (Lipinski definition) is 0. The predicted molar refractivity (Wildman–Crippen MR) is 117 cm³/mol. The average molecular weight is 444 g/mol. The van der Waals surface area contributed by atoms with Crippen molar-refractivity contribution in [1.29, 1.82) is 0 Å². The van der Waals surface area contributed by atoms with Gasteiger partial charge >= 0.3 is 0 Å². The fraction of sp³-hybridized carbons (Fsp3) is 0.429. The smallest absolute Gasteiger partial charge is 0.233 e. The van der Waals surface area contributed by atoms with Crippen LogP contribution in [0.2, 0.25) is 0 Å². The van der Waals surface area contributed by atoms with E-state index in [4.69, 9.17) is 14.2 Å². The van der Waals surface area contributed by atoms with Crippen LogP contribution < -0.4 is 9.47 Å². The summed E-state index contributed by atoms with van der Waals surface area (Å²) in [5.41, 5.74) is 1.42. The Labute approximate surface area is 184 Å². The maximum Gasteiger partial charge on any atom is 0.233 e. The van der Waals surface area contributed by atoms with Gasteiger partial charge in [0.15, 0.2) is 23.0 Å². The summed E-state index contributed by atoms with van der Waals surface area (Å²) in [5.74, 6) is 2.21. The number of carbonyl (C=O) groups excluding carboxylic acids is 1. The molecule has 164 valence electrons. The minimum absolute atomic E-state index is 0.0493. The Morgan fingerprint density at radius 1 is 1.10 bits per heavy atom. The van der Waals surface area contributed by atoms with Crippen LogP contribution in [0.5, 0.6) is 11.5 Å². The van der Waals surface area contributed by atoms with Gasteiger partial charge in [-0.3, -0.25) is 4.79 Å². The molecule has 2 aromatic heterocycles. The van der Waals surface area contributed by atoms with Crippen molar-refractivity contribution in [2.75, 3.05) is 33.1 Å². The summed E-state index contributed by atoms with van der Waals surface area (Å²) in [4.78, 5) is 14.5. The van der Waals surface area contributed by atoms with Crippen molar-refractivity contribution in [3.8, 4) is 22.9 Å². The molecule has 1 fully saturated rings. The quantitative estimate of drug-likeness (QED) is 0.537. The van der Waals surface area contributed by atoms with E-state index in [1.54, 1.807) is 18.7 Å². The Hall–Kier alpha value is -2.85. The Bertz CT molecular complexity index is 1080. The van der Waals surface area contributed by atoms with E-state index < -0.39 is 0 Å². The molecular weight excluding hydrogens is 418 g/mol. The van der Waals surface area contributed by atoms with Gasteiger partial charge in [0.05, 0.1) is 32.2 Å². The molecule has 0 N–H and O–H groups in total. The Morgan fingerprint density at radius 3 is 2.55 bits per heavy atom. The predicted octanol–water partition coefficient (Wildman–Crippen LogP) is 2.54. The molecule has 1 aliphatic heterocycles. The first-order valence-electron chi connectivity index (χ1n) is 9.99. The number of rotatable bonds is 6. The largest absolute Gasteiger partial charge is 0.493 e. The number of nitrogens with zero attached hydrogens (tertiary/aromatic N) is 5. The van der Waals surface area contributed by atoms with Crippen LogP contribution in [0.1, 0.15) is 13.8 Å². The summed E-state index contributed by atoms with van der Waals surface area (Å²) >= 11 is 1.40. The number of hydrogen-bond acceptors (Lipinski definition) is 8. The molecule has 0 saturated carbocycles. The summed E-state index contributed by atoms with van der Waals surface area (Å²) in [5, 5.41) is 13.8. The van der Waals surface area contributed by atoms with E-state index in [2.05, 4.69) is 15.3 Å². The number of thioether (sulfide) groups is 1. The Morgan fingerprint density at radius 2 is 1.84 bits per heavy atom.